The quantitative estimate of drug-likeness (QED) is 0.412. The molecular formula is C19H27IN4. The van der Waals surface area contributed by atoms with Gasteiger partial charge in [-0.05, 0) is 30.5 Å². The molecule has 0 aliphatic rings. The Labute approximate surface area is 162 Å². The van der Waals surface area contributed by atoms with Crippen LogP contribution in [0, 0.1) is 6.92 Å². The highest BCUT2D eigenvalue weighted by Crippen LogP contribution is 2.15. The second-order valence-corrected chi connectivity index (χ2v) is 5.77. The van der Waals surface area contributed by atoms with E-state index in [-0.39, 0.29) is 24.0 Å². The van der Waals surface area contributed by atoms with E-state index >= 15 is 0 Å². The van der Waals surface area contributed by atoms with Crippen LogP contribution in [0.1, 0.15) is 29.7 Å². The fourth-order valence-corrected chi connectivity index (χ4v) is 2.42. The molecule has 4 nitrogen and oxygen atoms in total. The Morgan fingerprint density at radius 3 is 2.67 bits per heavy atom. The highest BCUT2D eigenvalue weighted by Gasteiger charge is 2.06. The lowest BCUT2D eigenvalue weighted by Gasteiger charge is -2.16. The molecule has 24 heavy (non-hydrogen) atoms. The van der Waals surface area contributed by atoms with Crippen LogP contribution in [0.25, 0.3) is 0 Å². The molecule has 0 aliphatic carbocycles. The molecule has 0 bridgehead atoms. The number of hydrogen-bond donors (Lipinski definition) is 2. The Morgan fingerprint density at radius 1 is 1.17 bits per heavy atom. The smallest absolute Gasteiger partial charge is 0.191 e. The van der Waals surface area contributed by atoms with E-state index in [9.17, 15) is 0 Å². The predicted molar refractivity (Wildman–Crippen MR) is 112 cm³/mol. The molecule has 1 heterocycles. The van der Waals surface area contributed by atoms with Gasteiger partial charge in [0.15, 0.2) is 5.96 Å². The van der Waals surface area contributed by atoms with Gasteiger partial charge in [-0.3, -0.25) is 9.98 Å². The lowest BCUT2D eigenvalue weighted by atomic mass is 9.99. The molecule has 0 saturated heterocycles. The molecule has 0 amide bonds. The number of pyridine rings is 1. The van der Waals surface area contributed by atoms with Crippen molar-refractivity contribution in [3.05, 3.63) is 65.5 Å². The summed E-state index contributed by atoms with van der Waals surface area (Å²) in [7, 11) is 1.80. The number of benzene rings is 1. The standard InChI is InChI=1S/C19H26N4.HI/c1-15-7-6-8-17(13-15)16(2)14-23-19(20-3)22-12-10-18-9-4-5-11-21-18;/h4-9,11,13,16H,10,12,14H2,1-3H3,(H2,20,22,23);1H. The van der Waals surface area contributed by atoms with Gasteiger partial charge in [0.1, 0.15) is 0 Å². The van der Waals surface area contributed by atoms with Crippen LogP contribution in [0.3, 0.4) is 0 Å². The molecule has 2 rings (SSSR count). The van der Waals surface area contributed by atoms with Crippen LogP contribution < -0.4 is 10.6 Å². The molecule has 0 fully saturated rings. The van der Waals surface area contributed by atoms with Crippen LogP contribution in [-0.2, 0) is 6.42 Å². The van der Waals surface area contributed by atoms with Crippen molar-refractivity contribution in [2.75, 3.05) is 20.1 Å². The third-order valence-electron chi connectivity index (χ3n) is 3.81. The second-order valence-electron chi connectivity index (χ2n) is 5.77. The predicted octanol–water partition coefficient (Wildman–Crippen LogP) is 3.52. The number of hydrogen-bond acceptors (Lipinski definition) is 2. The van der Waals surface area contributed by atoms with Crippen molar-refractivity contribution >= 4 is 29.9 Å². The first kappa shape index (κ1) is 20.4. The van der Waals surface area contributed by atoms with Crippen molar-refractivity contribution in [2.24, 2.45) is 4.99 Å². The lowest BCUT2D eigenvalue weighted by molar-refractivity contribution is 0.696. The van der Waals surface area contributed by atoms with Gasteiger partial charge in [0.25, 0.3) is 0 Å². The Morgan fingerprint density at radius 2 is 2.00 bits per heavy atom. The molecule has 0 aliphatic heterocycles. The number of guanidine groups is 1. The summed E-state index contributed by atoms with van der Waals surface area (Å²) in [6.07, 6.45) is 2.71. The third-order valence-corrected chi connectivity index (χ3v) is 3.81. The molecule has 1 aromatic heterocycles. The molecule has 1 atom stereocenters. The first-order valence-electron chi connectivity index (χ1n) is 8.10. The van der Waals surface area contributed by atoms with Gasteiger partial charge in [0.05, 0.1) is 0 Å². The van der Waals surface area contributed by atoms with E-state index in [1.54, 1.807) is 7.05 Å². The highest BCUT2D eigenvalue weighted by molar-refractivity contribution is 14.0. The molecule has 0 radical (unpaired) electrons. The fraction of sp³-hybridized carbons (Fsp3) is 0.368. The number of rotatable bonds is 6. The van der Waals surface area contributed by atoms with E-state index < -0.39 is 0 Å². The molecule has 0 spiro atoms. The largest absolute Gasteiger partial charge is 0.356 e. The molecule has 1 aromatic carbocycles. The van der Waals surface area contributed by atoms with Gasteiger partial charge >= 0.3 is 0 Å². The Bertz CT molecular complexity index is 628. The molecule has 0 saturated carbocycles. The summed E-state index contributed by atoms with van der Waals surface area (Å²) in [6.45, 7) is 6.02. The normalized spacial score (nSPS) is 12.2. The van der Waals surface area contributed by atoms with Crippen LogP contribution >= 0.6 is 24.0 Å². The SMILES string of the molecule is CN=C(NCCc1ccccn1)NCC(C)c1cccc(C)c1.I. The molecule has 1 unspecified atom stereocenters. The molecule has 130 valence electrons. The van der Waals surface area contributed by atoms with E-state index in [1.807, 2.05) is 24.4 Å². The minimum atomic E-state index is 0. The summed E-state index contributed by atoms with van der Waals surface area (Å²) in [4.78, 5) is 8.60. The van der Waals surface area contributed by atoms with Gasteiger partial charge in [-0.25, -0.2) is 0 Å². The Kier molecular flexibility index (Phi) is 9.37. The number of nitrogens with zero attached hydrogens (tertiary/aromatic N) is 2. The maximum Gasteiger partial charge on any atom is 0.191 e. The van der Waals surface area contributed by atoms with Crippen LogP contribution in [0.5, 0.6) is 0 Å². The minimum absolute atomic E-state index is 0. The fourth-order valence-electron chi connectivity index (χ4n) is 2.42. The van der Waals surface area contributed by atoms with E-state index in [4.69, 9.17) is 0 Å². The van der Waals surface area contributed by atoms with Gasteiger partial charge in [-0.2, -0.15) is 0 Å². The monoisotopic (exact) mass is 438 g/mol. The van der Waals surface area contributed by atoms with Crippen molar-refractivity contribution in [1.82, 2.24) is 15.6 Å². The number of aliphatic imine (C=N–C) groups is 1. The van der Waals surface area contributed by atoms with Crippen molar-refractivity contribution in [2.45, 2.75) is 26.2 Å². The number of halogens is 1. The first-order valence-corrected chi connectivity index (χ1v) is 8.10. The van der Waals surface area contributed by atoms with E-state index in [0.717, 1.165) is 31.2 Å². The average Bonchev–Trinajstić information content (AvgIpc) is 2.58. The first-order chi connectivity index (χ1) is 11.2. The summed E-state index contributed by atoms with van der Waals surface area (Å²) in [5, 5.41) is 6.73. The summed E-state index contributed by atoms with van der Waals surface area (Å²) >= 11 is 0. The average molecular weight is 438 g/mol. The van der Waals surface area contributed by atoms with Crippen molar-refractivity contribution < 1.29 is 0 Å². The molecular weight excluding hydrogens is 411 g/mol. The van der Waals surface area contributed by atoms with Gasteiger partial charge < -0.3 is 10.6 Å². The highest BCUT2D eigenvalue weighted by atomic mass is 127. The topological polar surface area (TPSA) is 49.3 Å². The lowest BCUT2D eigenvalue weighted by Crippen LogP contribution is -2.40. The van der Waals surface area contributed by atoms with Crippen LogP contribution in [0.15, 0.2) is 53.7 Å². The summed E-state index contributed by atoms with van der Waals surface area (Å²) in [6, 6.07) is 14.6. The number of aromatic nitrogens is 1. The number of aryl methyl sites for hydroxylation is 1. The zero-order chi connectivity index (χ0) is 16.5. The van der Waals surface area contributed by atoms with Crippen LogP contribution in [-0.4, -0.2) is 31.1 Å². The zero-order valence-corrected chi connectivity index (χ0v) is 17.0. The summed E-state index contributed by atoms with van der Waals surface area (Å²) < 4.78 is 0. The van der Waals surface area contributed by atoms with Crippen LogP contribution in [0.2, 0.25) is 0 Å². The van der Waals surface area contributed by atoms with E-state index in [1.165, 1.54) is 11.1 Å². The Balaban J connectivity index is 0.00000288. The second kappa shape index (κ2) is 11.0. The molecule has 5 heteroatoms. The van der Waals surface area contributed by atoms with Crippen molar-refractivity contribution in [3.63, 3.8) is 0 Å². The van der Waals surface area contributed by atoms with E-state index in [2.05, 4.69) is 58.7 Å². The summed E-state index contributed by atoms with van der Waals surface area (Å²) in [5.41, 5.74) is 3.73. The van der Waals surface area contributed by atoms with Crippen molar-refractivity contribution in [1.29, 1.82) is 0 Å². The number of nitrogens with one attached hydrogen (secondary N) is 2. The summed E-state index contributed by atoms with van der Waals surface area (Å²) in [5.74, 6) is 1.27. The van der Waals surface area contributed by atoms with E-state index in [0.29, 0.717) is 5.92 Å². The minimum Gasteiger partial charge on any atom is -0.356 e. The maximum absolute atomic E-state index is 4.32. The van der Waals surface area contributed by atoms with Gasteiger partial charge in [0.2, 0.25) is 0 Å². The third kappa shape index (κ3) is 6.86. The zero-order valence-electron chi connectivity index (χ0n) is 14.6. The molecule has 2 N–H and O–H groups in total. The maximum atomic E-state index is 4.32. The van der Waals surface area contributed by atoms with Gasteiger partial charge in [-0.1, -0.05) is 42.8 Å². The van der Waals surface area contributed by atoms with Crippen LogP contribution in [0.4, 0.5) is 0 Å². The van der Waals surface area contributed by atoms with Gasteiger partial charge in [-0.15, -0.1) is 24.0 Å². The van der Waals surface area contributed by atoms with Crippen molar-refractivity contribution in [3.8, 4) is 0 Å². The molecule has 2 aromatic rings. The Hall–Kier alpha value is -1.63. The van der Waals surface area contributed by atoms with Gasteiger partial charge in [0, 0.05) is 38.4 Å².